The number of halogens is 1. The summed E-state index contributed by atoms with van der Waals surface area (Å²) in [6.07, 6.45) is 5.27. The molecule has 0 unspecified atom stereocenters. The number of benzene rings is 2. The number of aromatic amines is 1. The van der Waals surface area contributed by atoms with Gasteiger partial charge in [-0.05, 0) is 29.8 Å². The van der Waals surface area contributed by atoms with E-state index >= 15 is 4.39 Å². The molecule has 0 saturated heterocycles. The molecule has 35 heavy (non-hydrogen) atoms. The molecule has 2 N–H and O–H groups in total. The predicted octanol–water partition coefficient (Wildman–Crippen LogP) is 4.83. The lowest BCUT2D eigenvalue weighted by Gasteiger charge is -2.07. The molecule has 6 aromatic rings. The molecule has 10 heteroatoms. The molecule has 0 aliphatic heterocycles. The second-order valence-electron chi connectivity index (χ2n) is 7.98. The van der Waals surface area contributed by atoms with Crippen LogP contribution in [0, 0.1) is 5.82 Å². The summed E-state index contributed by atoms with van der Waals surface area (Å²) < 4.78 is 22.4. The first kappa shape index (κ1) is 20.7. The number of nitrogens with one attached hydrogen (secondary N) is 2. The van der Waals surface area contributed by atoms with E-state index in [0.717, 1.165) is 16.7 Å². The Kier molecular flexibility index (Phi) is 5.03. The molecule has 6 rings (SSSR count). The minimum absolute atomic E-state index is 0.196. The first-order chi connectivity index (χ1) is 17.1. The third-order valence-corrected chi connectivity index (χ3v) is 5.60. The van der Waals surface area contributed by atoms with Crippen molar-refractivity contribution in [3.05, 3.63) is 84.6 Å². The summed E-state index contributed by atoms with van der Waals surface area (Å²) in [6.45, 7) is 0.196. The van der Waals surface area contributed by atoms with E-state index in [0.29, 0.717) is 34.0 Å². The van der Waals surface area contributed by atoms with Gasteiger partial charge >= 0.3 is 6.01 Å². The Morgan fingerprint density at radius 3 is 2.71 bits per heavy atom. The summed E-state index contributed by atoms with van der Waals surface area (Å²) in [5, 5.41) is 15.2. The summed E-state index contributed by atoms with van der Waals surface area (Å²) in [7, 11) is 1.84. The number of imidazole rings is 1. The molecule has 4 aromatic heterocycles. The van der Waals surface area contributed by atoms with Gasteiger partial charge in [0.15, 0.2) is 5.65 Å². The van der Waals surface area contributed by atoms with E-state index in [2.05, 4.69) is 30.6 Å². The zero-order chi connectivity index (χ0) is 23.8. The second kappa shape index (κ2) is 8.49. The van der Waals surface area contributed by atoms with Gasteiger partial charge in [-0.3, -0.25) is 4.68 Å². The molecule has 0 bridgehead atoms. The van der Waals surface area contributed by atoms with Gasteiger partial charge in [-0.25, -0.2) is 14.4 Å². The molecule has 2 aromatic carbocycles. The van der Waals surface area contributed by atoms with Crippen LogP contribution in [0.1, 0.15) is 5.56 Å². The van der Waals surface area contributed by atoms with E-state index in [-0.39, 0.29) is 18.4 Å². The zero-order valence-corrected chi connectivity index (χ0v) is 18.6. The van der Waals surface area contributed by atoms with Gasteiger partial charge in [0.25, 0.3) is 0 Å². The van der Waals surface area contributed by atoms with Crippen molar-refractivity contribution in [3.63, 3.8) is 0 Å². The number of pyridine rings is 1. The summed E-state index contributed by atoms with van der Waals surface area (Å²) in [5.74, 6) is 0.699. The van der Waals surface area contributed by atoms with Crippen molar-refractivity contribution in [3.8, 4) is 34.0 Å². The molecule has 0 amide bonds. The maximum atomic E-state index is 15.0. The Labute approximate surface area is 198 Å². The smallest absolute Gasteiger partial charge is 0.316 e. The molecular formula is C25H19FN8O. The van der Waals surface area contributed by atoms with E-state index in [9.17, 15) is 0 Å². The van der Waals surface area contributed by atoms with Crippen LogP contribution in [0.25, 0.3) is 45.1 Å². The molecule has 0 saturated carbocycles. The monoisotopic (exact) mass is 466 g/mol. The Hall–Kier alpha value is -4.86. The quantitative estimate of drug-likeness (QED) is 0.362. The number of aromatic nitrogens is 7. The number of hydrogen-bond acceptors (Lipinski definition) is 7. The molecule has 0 aliphatic carbocycles. The van der Waals surface area contributed by atoms with Crippen LogP contribution in [0.5, 0.6) is 0 Å². The van der Waals surface area contributed by atoms with Crippen LogP contribution in [0.3, 0.4) is 0 Å². The van der Waals surface area contributed by atoms with E-state index in [1.807, 2.05) is 55.7 Å². The fourth-order valence-electron chi connectivity index (χ4n) is 3.84. The second-order valence-corrected chi connectivity index (χ2v) is 7.98. The summed E-state index contributed by atoms with van der Waals surface area (Å²) >= 11 is 0. The topological polar surface area (TPSA) is 110 Å². The van der Waals surface area contributed by atoms with Crippen LogP contribution < -0.4 is 5.32 Å². The van der Waals surface area contributed by atoms with Crippen molar-refractivity contribution < 1.29 is 8.81 Å². The first-order valence-corrected chi connectivity index (χ1v) is 10.9. The number of hydrogen-bond donors (Lipinski definition) is 2. The number of rotatable bonds is 6. The molecule has 4 heterocycles. The van der Waals surface area contributed by atoms with Crippen LogP contribution in [0.4, 0.5) is 10.4 Å². The largest absolute Gasteiger partial charge is 0.403 e. The summed E-state index contributed by atoms with van der Waals surface area (Å²) in [6, 6.07) is 16.6. The Morgan fingerprint density at radius 2 is 1.91 bits per heavy atom. The van der Waals surface area contributed by atoms with Gasteiger partial charge in [0, 0.05) is 42.7 Å². The highest BCUT2D eigenvalue weighted by molar-refractivity contribution is 5.91. The molecule has 0 aliphatic rings. The lowest BCUT2D eigenvalue weighted by atomic mass is 10.0. The van der Waals surface area contributed by atoms with Crippen molar-refractivity contribution in [1.29, 1.82) is 0 Å². The van der Waals surface area contributed by atoms with E-state index in [1.165, 1.54) is 6.07 Å². The maximum absolute atomic E-state index is 15.0. The number of H-pyrrole nitrogens is 1. The fourth-order valence-corrected chi connectivity index (χ4v) is 3.84. The van der Waals surface area contributed by atoms with E-state index in [1.54, 1.807) is 23.1 Å². The van der Waals surface area contributed by atoms with Gasteiger partial charge in [0.05, 0.1) is 11.8 Å². The van der Waals surface area contributed by atoms with Gasteiger partial charge in [-0.1, -0.05) is 35.4 Å². The highest BCUT2D eigenvalue weighted by atomic mass is 19.1. The number of nitrogens with zero attached hydrogens (tertiary/aromatic N) is 6. The van der Waals surface area contributed by atoms with Gasteiger partial charge < -0.3 is 14.7 Å². The van der Waals surface area contributed by atoms with Gasteiger partial charge in [-0.2, -0.15) is 5.10 Å². The van der Waals surface area contributed by atoms with Crippen molar-refractivity contribution >= 4 is 17.2 Å². The maximum Gasteiger partial charge on any atom is 0.316 e. The van der Waals surface area contributed by atoms with Crippen molar-refractivity contribution in [2.24, 2.45) is 7.05 Å². The van der Waals surface area contributed by atoms with Crippen molar-refractivity contribution in [2.45, 2.75) is 6.54 Å². The highest BCUT2D eigenvalue weighted by Gasteiger charge is 2.15. The van der Waals surface area contributed by atoms with Gasteiger partial charge in [0.2, 0.25) is 5.89 Å². The third kappa shape index (κ3) is 4.01. The lowest BCUT2D eigenvalue weighted by Crippen LogP contribution is -2.02. The number of fused-ring (bicyclic) bond motifs is 1. The zero-order valence-electron chi connectivity index (χ0n) is 18.6. The summed E-state index contributed by atoms with van der Waals surface area (Å²) in [4.78, 5) is 12.3. The number of aryl methyl sites for hydroxylation is 1. The molecule has 0 fully saturated rings. The lowest BCUT2D eigenvalue weighted by molar-refractivity contribution is 0.576. The first-order valence-electron chi connectivity index (χ1n) is 10.9. The predicted molar refractivity (Wildman–Crippen MR) is 129 cm³/mol. The van der Waals surface area contributed by atoms with Crippen molar-refractivity contribution in [1.82, 2.24) is 34.9 Å². The third-order valence-electron chi connectivity index (χ3n) is 5.60. The molecule has 0 atom stereocenters. The minimum atomic E-state index is -0.356. The molecule has 9 nitrogen and oxygen atoms in total. The molecule has 0 spiro atoms. The average Bonchev–Trinajstić information content (AvgIpc) is 3.63. The van der Waals surface area contributed by atoms with Crippen molar-refractivity contribution in [2.75, 3.05) is 5.32 Å². The summed E-state index contributed by atoms with van der Waals surface area (Å²) in [5.41, 5.74) is 4.90. The Morgan fingerprint density at radius 1 is 1.03 bits per heavy atom. The number of anilines is 1. The van der Waals surface area contributed by atoms with Crippen LogP contribution in [-0.4, -0.2) is 34.9 Å². The average molecular weight is 466 g/mol. The van der Waals surface area contributed by atoms with Gasteiger partial charge in [-0.15, -0.1) is 5.10 Å². The van der Waals surface area contributed by atoms with Crippen LogP contribution in [-0.2, 0) is 13.6 Å². The van der Waals surface area contributed by atoms with Crippen LogP contribution >= 0.6 is 0 Å². The molecule has 0 radical (unpaired) electrons. The fraction of sp³-hybridized carbons (Fsp3) is 0.0800. The van der Waals surface area contributed by atoms with E-state index in [4.69, 9.17) is 9.40 Å². The standard InChI is InChI=1S/C25H19FN8O/c1-34-14-18(13-29-34)22-30-21-19(9-10-27-23(21)31-22)16-7-8-17(20(26)11-16)12-28-25-33-32-24(35-25)15-5-3-2-4-6-15/h2-11,13-14H,12H2,1H3,(H,28,33)(H,27,30,31). The SMILES string of the molecule is Cn1cc(-c2nc3c(-c4ccc(CNc5nnc(-c6ccccc6)o5)c(F)c4)ccnc3[nH]2)cn1. The highest BCUT2D eigenvalue weighted by Crippen LogP contribution is 2.30. The normalized spacial score (nSPS) is 11.3. The Balaban J connectivity index is 1.23. The minimum Gasteiger partial charge on any atom is -0.403 e. The van der Waals surface area contributed by atoms with Gasteiger partial charge in [0.1, 0.15) is 17.2 Å². The molecular weight excluding hydrogens is 447 g/mol. The molecule has 172 valence electrons. The van der Waals surface area contributed by atoms with Crippen LogP contribution in [0.15, 0.2) is 77.6 Å². The van der Waals surface area contributed by atoms with Crippen LogP contribution in [0.2, 0.25) is 0 Å². The Bertz CT molecular complexity index is 1640. The van der Waals surface area contributed by atoms with E-state index < -0.39 is 0 Å².